The predicted molar refractivity (Wildman–Crippen MR) is 71.4 cm³/mol. The van der Waals surface area contributed by atoms with Crippen LogP contribution in [0, 0.1) is 0 Å². The molecule has 0 radical (unpaired) electrons. The Morgan fingerprint density at radius 3 is 2.45 bits per heavy atom. The maximum Gasteiger partial charge on any atom is 0.416 e. The molecule has 3 nitrogen and oxygen atoms in total. The Morgan fingerprint density at radius 2 is 2.00 bits per heavy atom. The minimum absolute atomic E-state index is 0.111. The summed E-state index contributed by atoms with van der Waals surface area (Å²) in [7, 11) is 1.63. The summed E-state index contributed by atoms with van der Waals surface area (Å²) < 4.78 is 45.1. The monoisotopic (exact) mass is 290 g/mol. The summed E-state index contributed by atoms with van der Waals surface area (Å²) in [6, 6.07) is 0.416. The lowest BCUT2D eigenvalue weighted by Crippen LogP contribution is -2.43. The second kappa shape index (κ2) is 6.54. The lowest BCUT2D eigenvalue weighted by molar-refractivity contribution is -0.139. The fraction of sp³-hybridized carbons (Fsp3) is 0.643. The number of alkyl halides is 3. The Morgan fingerprint density at radius 1 is 1.35 bits per heavy atom. The van der Waals surface area contributed by atoms with Crippen molar-refractivity contribution in [2.45, 2.75) is 45.0 Å². The van der Waals surface area contributed by atoms with E-state index in [4.69, 9.17) is 4.74 Å². The minimum Gasteiger partial charge on any atom is -0.374 e. The van der Waals surface area contributed by atoms with Gasteiger partial charge in [-0.3, -0.25) is 4.98 Å². The van der Waals surface area contributed by atoms with Crippen LogP contribution in [0.15, 0.2) is 18.5 Å². The molecule has 0 bridgehead atoms. The zero-order chi connectivity index (χ0) is 15.4. The molecule has 2 atom stereocenters. The smallest absolute Gasteiger partial charge is 0.374 e. The van der Waals surface area contributed by atoms with E-state index in [9.17, 15) is 13.2 Å². The van der Waals surface area contributed by atoms with Gasteiger partial charge in [0.2, 0.25) is 0 Å². The number of hydrogen-bond donors (Lipinski definition) is 1. The van der Waals surface area contributed by atoms with Crippen LogP contribution >= 0.6 is 0 Å². The Balaban J connectivity index is 3.32. The number of nitrogens with one attached hydrogen (secondary N) is 1. The Hall–Kier alpha value is -1.14. The summed E-state index contributed by atoms with van der Waals surface area (Å²) in [4.78, 5) is 3.84. The molecule has 1 rings (SSSR count). The maximum atomic E-state index is 13.1. The molecule has 0 aliphatic heterocycles. The fourth-order valence-corrected chi connectivity index (χ4v) is 2.40. The molecule has 0 fully saturated rings. The Bertz CT molecular complexity index is 437. The number of likely N-dealkylation sites (N-methyl/N-ethyl adjacent to an activating group) is 1. The SMILES string of the molecule is CCOC(C)(CC)C(NC)c1cnccc1C(F)(F)F. The fourth-order valence-electron chi connectivity index (χ4n) is 2.40. The lowest BCUT2D eigenvalue weighted by atomic mass is 9.86. The van der Waals surface area contributed by atoms with Crippen molar-refractivity contribution in [2.75, 3.05) is 13.7 Å². The summed E-state index contributed by atoms with van der Waals surface area (Å²) in [5.74, 6) is 0. The van der Waals surface area contributed by atoms with Crippen molar-refractivity contribution < 1.29 is 17.9 Å². The molecule has 0 aliphatic carbocycles. The van der Waals surface area contributed by atoms with E-state index in [1.807, 2.05) is 20.8 Å². The first-order chi connectivity index (χ1) is 9.30. The van der Waals surface area contributed by atoms with Crippen LogP contribution in [-0.2, 0) is 10.9 Å². The second-order valence-corrected chi connectivity index (χ2v) is 4.78. The number of ether oxygens (including phenoxy) is 1. The minimum atomic E-state index is -4.41. The van der Waals surface area contributed by atoms with Crippen LogP contribution < -0.4 is 5.32 Å². The van der Waals surface area contributed by atoms with Crippen molar-refractivity contribution in [3.63, 3.8) is 0 Å². The van der Waals surface area contributed by atoms with E-state index in [0.29, 0.717) is 13.0 Å². The van der Waals surface area contributed by atoms with Crippen molar-refractivity contribution in [2.24, 2.45) is 0 Å². The number of hydrogen-bond acceptors (Lipinski definition) is 3. The molecule has 0 saturated heterocycles. The molecule has 0 amide bonds. The number of aromatic nitrogens is 1. The van der Waals surface area contributed by atoms with E-state index < -0.39 is 23.4 Å². The van der Waals surface area contributed by atoms with E-state index in [0.717, 1.165) is 12.3 Å². The Labute approximate surface area is 117 Å². The topological polar surface area (TPSA) is 34.1 Å². The van der Waals surface area contributed by atoms with Gasteiger partial charge in [-0.15, -0.1) is 0 Å². The molecule has 2 unspecified atom stereocenters. The summed E-state index contributed by atoms with van der Waals surface area (Å²) >= 11 is 0. The van der Waals surface area contributed by atoms with Crippen molar-refractivity contribution >= 4 is 0 Å². The van der Waals surface area contributed by atoms with Crippen LogP contribution in [0.3, 0.4) is 0 Å². The van der Waals surface area contributed by atoms with E-state index in [-0.39, 0.29) is 5.56 Å². The molecule has 0 aromatic carbocycles. The summed E-state index contributed by atoms with van der Waals surface area (Å²) in [5.41, 5.74) is -1.29. The number of halogens is 3. The molecule has 0 spiro atoms. The number of rotatable bonds is 6. The highest BCUT2D eigenvalue weighted by molar-refractivity contribution is 5.31. The average molecular weight is 290 g/mol. The number of pyridine rings is 1. The molecule has 6 heteroatoms. The van der Waals surface area contributed by atoms with Crippen LogP contribution in [0.5, 0.6) is 0 Å². The average Bonchev–Trinajstić information content (AvgIpc) is 2.39. The van der Waals surface area contributed by atoms with E-state index >= 15 is 0 Å². The van der Waals surface area contributed by atoms with Crippen LogP contribution in [0.2, 0.25) is 0 Å². The first kappa shape index (κ1) is 16.9. The van der Waals surface area contributed by atoms with Gasteiger partial charge >= 0.3 is 6.18 Å². The van der Waals surface area contributed by atoms with Crippen LogP contribution in [0.25, 0.3) is 0 Å². The van der Waals surface area contributed by atoms with Gasteiger partial charge in [-0.05, 0) is 33.4 Å². The van der Waals surface area contributed by atoms with Gasteiger partial charge in [0.1, 0.15) is 0 Å². The van der Waals surface area contributed by atoms with Crippen molar-refractivity contribution in [3.8, 4) is 0 Å². The van der Waals surface area contributed by atoms with Crippen LogP contribution in [0.1, 0.15) is 44.4 Å². The van der Waals surface area contributed by atoms with Crippen LogP contribution in [0.4, 0.5) is 13.2 Å². The first-order valence-corrected chi connectivity index (χ1v) is 6.62. The zero-order valence-corrected chi connectivity index (χ0v) is 12.2. The van der Waals surface area contributed by atoms with Crippen molar-refractivity contribution in [3.05, 3.63) is 29.6 Å². The van der Waals surface area contributed by atoms with E-state index in [1.54, 1.807) is 7.05 Å². The molecule has 0 saturated carbocycles. The third-order valence-corrected chi connectivity index (χ3v) is 3.54. The van der Waals surface area contributed by atoms with Gasteiger partial charge in [0, 0.05) is 24.6 Å². The lowest BCUT2D eigenvalue weighted by Gasteiger charge is -2.37. The molecule has 1 aromatic heterocycles. The third kappa shape index (κ3) is 3.49. The largest absolute Gasteiger partial charge is 0.416 e. The molecule has 1 heterocycles. The van der Waals surface area contributed by atoms with Gasteiger partial charge in [-0.25, -0.2) is 0 Å². The van der Waals surface area contributed by atoms with Gasteiger partial charge in [0.25, 0.3) is 0 Å². The van der Waals surface area contributed by atoms with Crippen molar-refractivity contribution in [1.82, 2.24) is 10.3 Å². The van der Waals surface area contributed by atoms with Crippen molar-refractivity contribution in [1.29, 1.82) is 0 Å². The van der Waals surface area contributed by atoms with Gasteiger partial charge in [-0.2, -0.15) is 13.2 Å². The summed E-state index contributed by atoms with van der Waals surface area (Å²) in [5, 5.41) is 2.94. The van der Waals surface area contributed by atoms with E-state index in [1.165, 1.54) is 6.20 Å². The highest BCUT2D eigenvalue weighted by Gasteiger charge is 2.41. The van der Waals surface area contributed by atoms with Gasteiger partial charge < -0.3 is 10.1 Å². The summed E-state index contributed by atoms with van der Waals surface area (Å²) in [6.07, 6.45) is -1.41. The maximum absolute atomic E-state index is 13.1. The highest BCUT2D eigenvalue weighted by Crippen LogP contribution is 2.39. The molecular weight excluding hydrogens is 269 g/mol. The zero-order valence-electron chi connectivity index (χ0n) is 12.2. The molecule has 1 aromatic rings. The van der Waals surface area contributed by atoms with Gasteiger partial charge in [0.05, 0.1) is 17.2 Å². The molecular formula is C14H21F3N2O. The quantitative estimate of drug-likeness (QED) is 0.869. The third-order valence-electron chi connectivity index (χ3n) is 3.54. The second-order valence-electron chi connectivity index (χ2n) is 4.78. The molecule has 20 heavy (non-hydrogen) atoms. The van der Waals surface area contributed by atoms with Gasteiger partial charge in [-0.1, -0.05) is 6.92 Å². The normalized spacial score (nSPS) is 16.8. The molecule has 1 N–H and O–H groups in total. The van der Waals surface area contributed by atoms with Gasteiger partial charge in [0.15, 0.2) is 0 Å². The standard InChI is InChI=1S/C14H21F3N2O/c1-5-13(3,20-6-2)12(18-4)10-9-19-8-7-11(10)14(15,16)17/h7-9,12,18H,5-6H2,1-4H3. The summed E-state index contributed by atoms with van der Waals surface area (Å²) in [6.45, 7) is 5.97. The first-order valence-electron chi connectivity index (χ1n) is 6.62. The van der Waals surface area contributed by atoms with Crippen LogP contribution in [-0.4, -0.2) is 24.2 Å². The molecule has 114 valence electrons. The highest BCUT2D eigenvalue weighted by atomic mass is 19.4. The van der Waals surface area contributed by atoms with E-state index in [2.05, 4.69) is 10.3 Å². The Kier molecular flexibility index (Phi) is 5.53. The molecule has 0 aliphatic rings. The predicted octanol–water partition coefficient (Wildman–Crippen LogP) is 3.57. The number of nitrogens with zero attached hydrogens (tertiary/aromatic N) is 1.